The van der Waals surface area contributed by atoms with Gasteiger partial charge < -0.3 is 15.0 Å². The molecule has 114 valence electrons. The Balaban J connectivity index is 0.00000324. The molecule has 0 aromatic carbocycles. The highest BCUT2D eigenvalue weighted by Gasteiger charge is 2.60. The van der Waals surface area contributed by atoms with Crippen molar-refractivity contribution in [1.29, 1.82) is 0 Å². The second-order valence-electron chi connectivity index (χ2n) is 3.58. The zero-order valence-corrected chi connectivity index (χ0v) is 10.2. The van der Waals surface area contributed by atoms with E-state index < -0.39 is 24.5 Å². The number of alkyl halides is 6. The smallest absolute Gasteiger partial charge is 0.426 e. The highest BCUT2D eigenvalue weighted by atomic mass is 35.5. The van der Waals surface area contributed by atoms with Crippen LogP contribution in [0.15, 0.2) is 0 Å². The highest BCUT2D eigenvalue weighted by Crippen LogP contribution is 2.35. The van der Waals surface area contributed by atoms with Crippen LogP contribution in [0.4, 0.5) is 31.1 Å². The summed E-state index contributed by atoms with van der Waals surface area (Å²) in [5.41, 5.74) is 0. The van der Waals surface area contributed by atoms with Gasteiger partial charge in [0.2, 0.25) is 0 Å². The summed E-state index contributed by atoms with van der Waals surface area (Å²) in [4.78, 5) is 12.0. The van der Waals surface area contributed by atoms with Crippen LogP contribution in [0.2, 0.25) is 0 Å². The molecule has 1 aliphatic heterocycles. The zero-order valence-electron chi connectivity index (χ0n) is 9.35. The molecule has 0 radical (unpaired) electrons. The van der Waals surface area contributed by atoms with Crippen molar-refractivity contribution in [3.8, 4) is 0 Å². The van der Waals surface area contributed by atoms with E-state index in [2.05, 4.69) is 10.1 Å². The Hall–Kier alpha value is -0.900. The van der Waals surface area contributed by atoms with Crippen LogP contribution in [0.3, 0.4) is 0 Å². The van der Waals surface area contributed by atoms with Crippen molar-refractivity contribution in [3.05, 3.63) is 0 Å². The quantitative estimate of drug-likeness (QED) is 0.752. The minimum Gasteiger partial charge on any atom is -0.426 e. The summed E-state index contributed by atoms with van der Waals surface area (Å²) < 4.78 is 76.2. The van der Waals surface area contributed by atoms with Crippen LogP contribution in [0.25, 0.3) is 0 Å². The van der Waals surface area contributed by atoms with Crippen molar-refractivity contribution >= 4 is 18.5 Å². The van der Waals surface area contributed by atoms with Crippen LogP contribution >= 0.6 is 12.4 Å². The topological polar surface area (TPSA) is 41.6 Å². The Morgan fingerprint density at radius 2 is 1.47 bits per heavy atom. The maximum absolute atomic E-state index is 12.1. The fraction of sp³-hybridized carbons (Fsp3) is 0.875. The molecule has 1 amide bonds. The Kier molecular flexibility index (Phi) is 6.20. The maximum atomic E-state index is 12.1. The molecule has 0 aromatic rings. The lowest BCUT2D eigenvalue weighted by molar-refractivity contribution is -0.308. The molecular weight excluding hydrogens is 306 g/mol. The third-order valence-corrected chi connectivity index (χ3v) is 2.19. The monoisotopic (exact) mass is 316 g/mol. The Morgan fingerprint density at radius 1 is 1.05 bits per heavy atom. The number of rotatable bonds is 1. The van der Waals surface area contributed by atoms with E-state index in [1.54, 1.807) is 0 Å². The zero-order chi connectivity index (χ0) is 14.0. The predicted octanol–water partition coefficient (Wildman–Crippen LogP) is 1.94. The Labute approximate surface area is 110 Å². The molecule has 0 unspecified atom stereocenters. The summed E-state index contributed by atoms with van der Waals surface area (Å²) in [5, 5.41) is 2.79. The first kappa shape index (κ1) is 18.1. The predicted molar refractivity (Wildman–Crippen MR) is 54.1 cm³/mol. The number of hydrogen-bond acceptors (Lipinski definition) is 3. The second kappa shape index (κ2) is 6.51. The first-order chi connectivity index (χ1) is 8.12. The molecule has 19 heavy (non-hydrogen) atoms. The van der Waals surface area contributed by atoms with Gasteiger partial charge in [-0.1, -0.05) is 0 Å². The van der Waals surface area contributed by atoms with Crippen molar-refractivity contribution in [3.63, 3.8) is 0 Å². The van der Waals surface area contributed by atoms with Crippen molar-refractivity contribution in [2.24, 2.45) is 0 Å². The molecular formula is C8H11ClF6N2O2. The lowest BCUT2D eigenvalue weighted by atomic mass is 10.3. The second-order valence-corrected chi connectivity index (χ2v) is 3.58. The number of carbonyl (C=O) groups excluding carboxylic acids is 1. The first-order valence-electron chi connectivity index (χ1n) is 4.92. The number of amides is 1. The number of nitrogens with one attached hydrogen (secondary N) is 1. The van der Waals surface area contributed by atoms with Gasteiger partial charge in [0.05, 0.1) is 0 Å². The van der Waals surface area contributed by atoms with E-state index >= 15 is 0 Å². The summed E-state index contributed by atoms with van der Waals surface area (Å²) in [6, 6.07) is 0. The molecule has 0 bridgehead atoms. The lowest BCUT2D eigenvalue weighted by Crippen LogP contribution is -2.51. The number of halogens is 7. The third-order valence-electron chi connectivity index (χ3n) is 2.19. The number of hydrogen-bond donors (Lipinski definition) is 1. The standard InChI is InChI=1S/C8H10F6N2O2.ClH/c9-7(10,11)5(8(12,13)14)18-6(17)16-3-1-15-2-4-16;/h5,15H,1-4H2;1H. The van der Waals surface area contributed by atoms with Crippen LogP contribution in [0.1, 0.15) is 0 Å². The van der Waals surface area contributed by atoms with Crippen molar-refractivity contribution in [2.45, 2.75) is 18.5 Å². The van der Waals surface area contributed by atoms with Crippen molar-refractivity contribution in [1.82, 2.24) is 10.2 Å². The number of carbonyl (C=O) groups is 1. The summed E-state index contributed by atoms with van der Waals surface area (Å²) >= 11 is 0. The average Bonchev–Trinajstić information content (AvgIpc) is 2.23. The SMILES string of the molecule is Cl.O=C(OC(C(F)(F)F)C(F)(F)F)N1CCNCC1. The first-order valence-corrected chi connectivity index (χ1v) is 4.92. The van der Waals surface area contributed by atoms with Crippen molar-refractivity contribution < 1.29 is 35.9 Å². The van der Waals surface area contributed by atoms with Gasteiger partial charge in [0.25, 0.3) is 6.10 Å². The normalized spacial score (nSPS) is 17.1. The van der Waals surface area contributed by atoms with Crippen LogP contribution in [0.5, 0.6) is 0 Å². The number of piperazine rings is 1. The average molecular weight is 317 g/mol. The molecule has 0 atom stereocenters. The third kappa shape index (κ3) is 5.31. The van der Waals surface area contributed by atoms with Gasteiger partial charge in [-0.2, -0.15) is 26.3 Å². The van der Waals surface area contributed by atoms with Crippen LogP contribution < -0.4 is 5.32 Å². The molecule has 1 saturated heterocycles. The molecule has 0 aromatic heterocycles. The molecule has 1 rings (SSSR count). The molecule has 1 aliphatic rings. The van der Waals surface area contributed by atoms with Gasteiger partial charge in [-0.05, 0) is 0 Å². The molecule has 11 heteroatoms. The summed E-state index contributed by atoms with van der Waals surface area (Å²) in [6.45, 7) is 0.581. The van der Waals surface area contributed by atoms with E-state index in [1.807, 2.05) is 0 Å². The molecule has 1 fully saturated rings. The van der Waals surface area contributed by atoms with Gasteiger partial charge in [0, 0.05) is 26.2 Å². The minimum atomic E-state index is -5.68. The fourth-order valence-corrected chi connectivity index (χ4v) is 1.34. The Morgan fingerprint density at radius 3 is 1.84 bits per heavy atom. The van der Waals surface area contributed by atoms with E-state index in [4.69, 9.17) is 0 Å². The fourth-order valence-electron chi connectivity index (χ4n) is 1.34. The molecule has 4 nitrogen and oxygen atoms in total. The largest absolute Gasteiger partial charge is 0.434 e. The molecule has 0 saturated carbocycles. The van der Waals surface area contributed by atoms with Gasteiger partial charge in [-0.3, -0.25) is 0 Å². The molecule has 0 spiro atoms. The Bertz CT molecular complexity index is 289. The molecule has 0 aliphatic carbocycles. The summed E-state index contributed by atoms with van der Waals surface area (Å²) in [6.07, 6.45) is -17.1. The van der Waals surface area contributed by atoms with Crippen LogP contribution in [0, 0.1) is 0 Å². The number of nitrogens with zero attached hydrogens (tertiary/aromatic N) is 1. The summed E-state index contributed by atoms with van der Waals surface area (Å²) in [5.74, 6) is 0. The van der Waals surface area contributed by atoms with E-state index in [0.29, 0.717) is 0 Å². The lowest BCUT2D eigenvalue weighted by Gasteiger charge is -2.30. The van der Waals surface area contributed by atoms with Crippen LogP contribution in [-0.4, -0.2) is 55.6 Å². The van der Waals surface area contributed by atoms with E-state index in [1.165, 1.54) is 0 Å². The van der Waals surface area contributed by atoms with Gasteiger partial charge in [-0.25, -0.2) is 4.79 Å². The van der Waals surface area contributed by atoms with Gasteiger partial charge in [-0.15, -0.1) is 12.4 Å². The van der Waals surface area contributed by atoms with E-state index in [0.717, 1.165) is 4.90 Å². The van der Waals surface area contributed by atoms with Crippen molar-refractivity contribution in [2.75, 3.05) is 26.2 Å². The maximum Gasteiger partial charge on any atom is 0.434 e. The van der Waals surface area contributed by atoms with E-state index in [9.17, 15) is 31.1 Å². The number of ether oxygens (including phenoxy) is 1. The van der Waals surface area contributed by atoms with Gasteiger partial charge >= 0.3 is 18.4 Å². The minimum absolute atomic E-state index is 0. The molecule has 1 N–H and O–H groups in total. The highest BCUT2D eigenvalue weighted by molar-refractivity contribution is 5.85. The molecule has 1 heterocycles. The van der Waals surface area contributed by atoms with Crippen LogP contribution in [-0.2, 0) is 4.74 Å². The van der Waals surface area contributed by atoms with Gasteiger partial charge in [0.1, 0.15) is 0 Å². The summed E-state index contributed by atoms with van der Waals surface area (Å²) in [7, 11) is 0. The van der Waals surface area contributed by atoms with Gasteiger partial charge in [0.15, 0.2) is 0 Å². The van der Waals surface area contributed by atoms with E-state index in [-0.39, 0.29) is 38.6 Å².